The van der Waals surface area contributed by atoms with E-state index in [1.54, 1.807) is 0 Å². The molecular weight excluding hydrogens is 170 g/mol. The van der Waals surface area contributed by atoms with Crippen LogP contribution in [0.15, 0.2) is 0 Å². The van der Waals surface area contributed by atoms with Gasteiger partial charge in [0.2, 0.25) is 0 Å². The van der Waals surface area contributed by atoms with Crippen LogP contribution in [-0.4, -0.2) is 31.3 Å². The monoisotopic (exact) mass is 187 g/mol. The second kappa shape index (κ2) is 5.19. The van der Waals surface area contributed by atoms with E-state index in [0.29, 0.717) is 19.6 Å². The quantitative estimate of drug-likeness (QED) is 0.635. The van der Waals surface area contributed by atoms with E-state index >= 15 is 0 Å². The lowest BCUT2D eigenvalue weighted by Crippen LogP contribution is -2.42. The Bertz CT molecular complexity index is 168. The summed E-state index contributed by atoms with van der Waals surface area (Å²) in [5.41, 5.74) is 5.62. The van der Waals surface area contributed by atoms with Crippen LogP contribution in [0.3, 0.4) is 0 Å². The lowest BCUT2D eigenvalue weighted by Gasteiger charge is -2.26. The molecule has 4 nitrogen and oxygen atoms in total. The molecule has 0 aromatic carbocycles. The maximum absolute atomic E-state index is 11.2. The van der Waals surface area contributed by atoms with Crippen molar-refractivity contribution in [2.75, 3.05) is 13.2 Å². The highest BCUT2D eigenvalue weighted by atomic mass is 16.6. The van der Waals surface area contributed by atoms with Gasteiger partial charge in [0.05, 0.1) is 13.2 Å². The second-order valence-electron chi connectivity index (χ2n) is 3.35. The largest absolute Gasteiger partial charge is 0.456 e. The molecule has 4 heteroatoms. The third-order valence-corrected chi connectivity index (χ3v) is 2.06. The smallest absolute Gasteiger partial charge is 0.323 e. The predicted octanol–water partition coefficient (Wildman–Crippen LogP) is 0.446. The Kier molecular flexibility index (Phi) is 4.18. The molecule has 1 aliphatic rings. The number of nitrogens with two attached hydrogens (primary N) is 1. The average molecular weight is 187 g/mol. The summed E-state index contributed by atoms with van der Waals surface area (Å²) in [7, 11) is 0. The molecule has 0 aromatic rings. The number of esters is 1. The lowest BCUT2D eigenvalue weighted by molar-refractivity contribution is -0.173. The molecule has 1 heterocycles. The third-order valence-electron chi connectivity index (χ3n) is 2.06. The molecule has 0 aliphatic carbocycles. The van der Waals surface area contributed by atoms with E-state index in [-0.39, 0.29) is 12.1 Å². The molecule has 0 spiro atoms. The van der Waals surface area contributed by atoms with Crippen molar-refractivity contribution < 1.29 is 14.3 Å². The zero-order chi connectivity index (χ0) is 9.68. The zero-order valence-corrected chi connectivity index (χ0v) is 7.99. The van der Waals surface area contributed by atoms with Gasteiger partial charge in [-0.2, -0.15) is 0 Å². The summed E-state index contributed by atoms with van der Waals surface area (Å²) in [5.74, 6) is -0.290. The maximum Gasteiger partial charge on any atom is 0.323 e. The van der Waals surface area contributed by atoms with Crippen molar-refractivity contribution in [3.8, 4) is 0 Å². The van der Waals surface area contributed by atoms with E-state index in [2.05, 4.69) is 6.92 Å². The normalized spacial score (nSPS) is 19.2. The summed E-state index contributed by atoms with van der Waals surface area (Å²) in [6.07, 6.45) is 2.67. The molecule has 0 radical (unpaired) electrons. The van der Waals surface area contributed by atoms with E-state index in [4.69, 9.17) is 15.2 Å². The number of carbonyl (C=O) groups is 1. The Labute approximate surface area is 78.4 Å². The van der Waals surface area contributed by atoms with Crippen molar-refractivity contribution in [2.24, 2.45) is 5.73 Å². The summed E-state index contributed by atoms with van der Waals surface area (Å²) in [5, 5.41) is 0. The zero-order valence-electron chi connectivity index (χ0n) is 7.99. The van der Waals surface area contributed by atoms with Gasteiger partial charge in [-0.1, -0.05) is 19.8 Å². The third kappa shape index (κ3) is 3.32. The van der Waals surface area contributed by atoms with Crippen LogP contribution in [0.2, 0.25) is 0 Å². The number of hydrogen-bond donors (Lipinski definition) is 1. The number of hydrogen-bond acceptors (Lipinski definition) is 4. The van der Waals surface area contributed by atoms with Gasteiger partial charge in [-0.05, 0) is 6.42 Å². The van der Waals surface area contributed by atoms with Gasteiger partial charge in [0, 0.05) is 0 Å². The Balaban J connectivity index is 2.13. The molecule has 76 valence electrons. The predicted molar refractivity (Wildman–Crippen MR) is 48.2 cm³/mol. The number of carbonyl (C=O) groups excluding carboxylic acids is 1. The van der Waals surface area contributed by atoms with Gasteiger partial charge in [0.25, 0.3) is 0 Å². The summed E-state index contributed by atoms with van der Waals surface area (Å²) in [6, 6.07) is -0.458. The summed E-state index contributed by atoms with van der Waals surface area (Å²) in [4.78, 5) is 11.2. The van der Waals surface area contributed by atoms with Crippen LogP contribution >= 0.6 is 0 Å². The minimum absolute atomic E-state index is 0.0554. The van der Waals surface area contributed by atoms with Crippen molar-refractivity contribution in [3.05, 3.63) is 0 Å². The number of rotatable bonds is 5. The Morgan fingerprint density at radius 1 is 1.69 bits per heavy atom. The fraction of sp³-hybridized carbons (Fsp3) is 0.889. The topological polar surface area (TPSA) is 61.6 Å². The molecule has 2 N–H and O–H groups in total. The molecule has 1 unspecified atom stereocenters. The highest BCUT2D eigenvalue weighted by Gasteiger charge is 2.25. The fourth-order valence-corrected chi connectivity index (χ4v) is 1.08. The van der Waals surface area contributed by atoms with Gasteiger partial charge in [-0.3, -0.25) is 4.79 Å². The van der Waals surface area contributed by atoms with Crippen molar-refractivity contribution in [2.45, 2.75) is 38.3 Å². The summed E-state index contributed by atoms with van der Waals surface area (Å²) < 4.78 is 9.93. The van der Waals surface area contributed by atoms with Crippen molar-refractivity contribution in [3.63, 3.8) is 0 Å². The van der Waals surface area contributed by atoms with E-state index in [9.17, 15) is 4.79 Å². The average Bonchev–Trinajstić information content (AvgIpc) is 2.06. The van der Waals surface area contributed by atoms with Crippen LogP contribution in [0.25, 0.3) is 0 Å². The first kappa shape index (κ1) is 10.5. The Morgan fingerprint density at radius 2 is 2.38 bits per heavy atom. The molecule has 0 aromatic heterocycles. The van der Waals surface area contributed by atoms with Gasteiger partial charge >= 0.3 is 5.97 Å². The van der Waals surface area contributed by atoms with Gasteiger partial charge < -0.3 is 15.2 Å². The molecular formula is C9H17NO3. The van der Waals surface area contributed by atoms with Crippen molar-refractivity contribution >= 4 is 5.97 Å². The van der Waals surface area contributed by atoms with Crippen LogP contribution in [0, 0.1) is 0 Å². The first-order valence-corrected chi connectivity index (χ1v) is 4.78. The molecule has 1 rings (SSSR count). The number of unbranched alkanes of at least 4 members (excludes halogenated alkanes) is 1. The lowest BCUT2D eigenvalue weighted by atomic mass is 10.1. The summed E-state index contributed by atoms with van der Waals surface area (Å²) >= 11 is 0. The van der Waals surface area contributed by atoms with E-state index in [0.717, 1.165) is 12.8 Å². The van der Waals surface area contributed by atoms with E-state index in [1.807, 2.05) is 0 Å². The molecule has 0 bridgehead atoms. The van der Waals surface area contributed by atoms with Crippen LogP contribution in [-0.2, 0) is 14.3 Å². The fourth-order valence-electron chi connectivity index (χ4n) is 1.08. The minimum atomic E-state index is -0.458. The molecule has 13 heavy (non-hydrogen) atoms. The minimum Gasteiger partial charge on any atom is -0.456 e. The van der Waals surface area contributed by atoms with Gasteiger partial charge in [-0.25, -0.2) is 0 Å². The molecule has 0 saturated carbocycles. The first-order valence-electron chi connectivity index (χ1n) is 4.78. The summed E-state index contributed by atoms with van der Waals surface area (Å²) in [6.45, 7) is 3.11. The highest BCUT2D eigenvalue weighted by molar-refractivity contribution is 5.75. The SMILES string of the molecule is CCCCC(N)C(=O)OC1COC1. The molecule has 1 saturated heterocycles. The first-order chi connectivity index (χ1) is 6.24. The number of ether oxygens (including phenoxy) is 2. The molecule has 1 fully saturated rings. The Hall–Kier alpha value is -0.610. The van der Waals surface area contributed by atoms with Crippen LogP contribution < -0.4 is 5.73 Å². The molecule has 0 amide bonds. The van der Waals surface area contributed by atoms with Crippen molar-refractivity contribution in [1.29, 1.82) is 0 Å². The van der Waals surface area contributed by atoms with Gasteiger partial charge in [0.15, 0.2) is 0 Å². The van der Waals surface area contributed by atoms with Gasteiger partial charge in [0.1, 0.15) is 12.1 Å². The van der Waals surface area contributed by atoms with Crippen LogP contribution in [0.4, 0.5) is 0 Å². The van der Waals surface area contributed by atoms with Crippen LogP contribution in [0.1, 0.15) is 26.2 Å². The molecule has 1 aliphatic heterocycles. The Morgan fingerprint density at radius 3 is 2.85 bits per heavy atom. The standard InChI is InChI=1S/C9H17NO3/c1-2-3-4-8(10)9(11)13-7-5-12-6-7/h7-8H,2-6,10H2,1H3. The van der Waals surface area contributed by atoms with E-state index < -0.39 is 6.04 Å². The van der Waals surface area contributed by atoms with E-state index in [1.165, 1.54) is 0 Å². The maximum atomic E-state index is 11.2. The highest BCUT2D eigenvalue weighted by Crippen LogP contribution is 2.08. The second-order valence-corrected chi connectivity index (χ2v) is 3.35. The van der Waals surface area contributed by atoms with Crippen molar-refractivity contribution in [1.82, 2.24) is 0 Å². The molecule has 1 atom stereocenters. The van der Waals surface area contributed by atoms with Crippen LogP contribution in [0.5, 0.6) is 0 Å². The van der Waals surface area contributed by atoms with Gasteiger partial charge in [-0.15, -0.1) is 0 Å².